The first-order valence-electron chi connectivity index (χ1n) is 5.98. The number of halogens is 1. The quantitative estimate of drug-likeness (QED) is 0.883. The molecule has 0 aliphatic carbocycles. The van der Waals surface area contributed by atoms with E-state index in [4.69, 9.17) is 5.73 Å². The van der Waals surface area contributed by atoms with E-state index >= 15 is 0 Å². The first-order valence-corrected chi connectivity index (χ1v) is 5.98. The smallest absolute Gasteiger partial charge is 0.227 e. The number of amides is 1. The molecule has 0 saturated carbocycles. The van der Waals surface area contributed by atoms with Crippen molar-refractivity contribution < 1.29 is 9.18 Å². The number of rotatable bonds is 3. The summed E-state index contributed by atoms with van der Waals surface area (Å²) in [7, 11) is 1.59. The van der Waals surface area contributed by atoms with Crippen LogP contribution in [-0.4, -0.2) is 22.5 Å². The lowest BCUT2D eigenvalue weighted by Gasteiger charge is -2.23. The molecule has 0 unspecified atom stereocenters. The highest BCUT2D eigenvalue weighted by molar-refractivity contribution is 5.82. The van der Waals surface area contributed by atoms with Crippen LogP contribution in [0.1, 0.15) is 13.8 Å². The van der Waals surface area contributed by atoms with Crippen molar-refractivity contribution in [1.82, 2.24) is 14.9 Å². The van der Waals surface area contributed by atoms with Crippen LogP contribution in [-0.2, 0) is 11.3 Å². The average molecular weight is 264 g/mol. The molecule has 0 saturated heterocycles. The Hall–Kier alpha value is -2.11. The van der Waals surface area contributed by atoms with E-state index < -0.39 is 5.41 Å². The van der Waals surface area contributed by atoms with E-state index in [1.807, 2.05) is 13.8 Å². The topological polar surface area (TPSA) is 72.9 Å². The van der Waals surface area contributed by atoms with Crippen molar-refractivity contribution in [2.75, 3.05) is 12.8 Å². The van der Waals surface area contributed by atoms with Crippen molar-refractivity contribution in [3.63, 3.8) is 0 Å². The van der Waals surface area contributed by atoms with Crippen molar-refractivity contribution in [2.45, 2.75) is 20.4 Å². The third kappa shape index (κ3) is 2.38. The second-order valence-corrected chi connectivity index (χ2v) is 5.15. The lowest BCUT2D eigenvalue weighted by molar-refractivity contribution is -0.129. The minimum atomic E-state index is -0.634. The maximum atomic E-state index is 13.1. The molecule has 0 atom stereocenters. The molecule has 1 heterocycles. The fourth-order valence-corrected chi connectivity index (χ4v) is 2.09. The summed E-state index contributed by atoms with van der Waals surface area (Å²) in [6.45, 7) is 4.02. The van der Waals surface area contributed by atoms with E-state index in [1.54, 1.807) is 17.7 Å². The Bertz CT molecular complexity index is 633. The van der Waals surface area contributed by atoms with Crippen LogP contribution >= 0.6 is 0 Å². The molecule has 2 rings (SSSR count). The third-order valence-electron chi connectivity index (χ3n) is 3.13. The van der Waals surface area contributed by atoms with Gasteiger partial charge in [-0.25, -0.2) is 9.37 Å². The SMILES string of the molecule is CNC(=O)C(C)(C)Cn1c(N)nc2cc(F)ccc21. The molecule has 102 valence electrons. The Balaban J connectivity index is 2.46. The van der Waals surface area contributed by atoms with Gasteiger partial charge in [0.25, 0.3) is 0 Å². The summed E-state index contributed by atoms with van der Waals surface area (Å²) in [5.41, 5.74) is 6.43. The largest absolute Gasteiger partial charge is 0.369 e. The van der Waals surface area contributed by atoms with Gasteiger partial charge in [-0.05, 0) is 26.0 Å². The summed E-state index contributed by atoms with van der Waals surface area (Å²) in [6.07, 6.45) is 0. The zero-order valence-electron chi connectivity index (χ0n) is 11.2. The monoisotopic (exact) mass is 264 g/mol. The Morgan fingerprint density at radius 2 is 2.21 bits per heavy atom. The zero-order chi connectivity index (χ0) is 14.2. The second-order valence-electron chi connectivity index (χ2n) is 5.15. The minimum absolute atomic E-state index is 0.0872. The number of hydrogen-bond acceptors (Lipinski definition) is 3. The fraction of sp³-hybridized carbons (Fsp3) is 0.385. The fourth-order valence-electron chi connectivity index (χ4n) is 2.09. The number of anilines is 1. The van der Waals surface area contributed by atoms with Crippen molar-refractivity contribution in [3.05, 3.63) is 24.0 Å². The molecule has 1 amide bonds. The summed E-state index contributed by atoms with van der Waals surface area (Å²) in [5.74, 6) is -0.170. The van der Waals surface area contributed by atoms with Gasteiger partial charge in [-0.3, -0.25) is 4.79 Å². The van der Waals surface area contributed by atoms with Gasteiger partial charge in [-0.15, -0.1) is 0 Å². The van der Waals surface area contributed by atoms with Crippen LogP contribution in [0, 0.1) is 11.2 Å². The number of nitrogens with zero attached hydrogens (tertiary/aromatic N) is 2. The van der Waals surface area contributed by atoms with Gasteiger partial charge >= 0.3 is 0 Å². The van der Waals surface area contributed by atoms with E-state index in [9.17, 15) is 9.18 Å². The van der Waals surface area contributed by atoms with Crippen LogP contribution in [0.2, 0.25) is 0 Å². The maximum Gasteiger partial charge on any atom is 0.227 e. The molecule has 0 bridgehead atoms. The van der Waals surface area contributed by atoms with Crippen LogP contribution < -0.4 is 11.1 Å². The van der Waals surface area contributed by atoms with Crippen LogP contribution in [0.25, 0.3) is 11.0 Å². The zero-order valence-corrected chi connectivity index (χ0v) is 11.2. The van der Waals surface area contributed by atoms with Gasteiger partial charge in [0.1, 0.15) is 5.82 Å². The molecule has 0 radical (unpaired) electrons. The van der Waals surface area contributed by atoms with Crippen molar-refractivity contribution in [1.29, 1.82) is 0 Å². The highest BCUT2D eigenvalue weighted by atomic mass is 19.1. The van der Waals surface area contributed by atoms with Gasteiger partial charge in [-0.1, -0.05) is 0 Å². The second kappa shape index (κ2) is 4.53. The molecule has 6 heteroatoms. The van der Waals surface area contributed by atoms with Gasteiger partial charge in [-0.2, -0.15) is 0 Å². The van der Waals surface area contributed by atoms with Gasteiger partial charge in [0.15, 0.2) is 0 Å². The normalized spacial score (nSPS) is 11.8. The van der Waals surface area contributed by atoms with Gasteiger partial charge < -0.3 is 15.6 Å². The third-order valence-corrected chi connectivity index (χ3v) is 3.13. The Labute approximate surface area is 110 Å². The number of fused-ring (bicyclic) bond motifs is 1. The van der Waals surface area contributed by atoms with Gasteiger partial charge in [0, 0.05) is 19.7 Å². The van der Waals surface area contributed by atoms with Crippen LogP contribution in [0.15, 0.2) is 18.2 Å². The number of hydrogen-bond donors (Lipinski definition) is 2. The molecular weight excluding hydrogens is 247 g/mol. The summed E-state index contributed by atoms with van der Waals surface area (Å²) >= 11 is 0. The lowest BCUT2D eigenvalue weighted by atomic mass is 9.92. The molecule has 1 aromatic heterocycles. The summed E-state index contributed by atoms with van der Waals surface area (Å²) in [6, 6.07) is 4.30. The molecule has 2 aromatic rings. The average Bonchev–Trinajstić information content (AvgIpc) is 2.63. The van der Waals surface area contributed by atoms with Crippen LogP contribution in [0.3, 0.4) is 0 Å². The molecule has 0 spiro atoms. The molecular formula is C13H17FN4O. The maximum absolute atomic E-state index is 13.1. The van der Waals surface area contributed by atoms with E-state index in [0.29, 0.717) is 12.1 Å². The molecule has 19 heavy (non-hydrogen) atoms. The standard InChI is InChI=1S/C13H17FN4O/c1-13(2,11(19)16-3)7-18-10-5-4-8(14)6-9(10)17-12(18)15/h4-6H,7H2,1-3H3,(H2,15,17)(H,16,19). The molecule has 5 nitrogen and oxygen atoms in total. The predicted molar refractivity (Wildman–Crippen MR) is 72.0 cm³/mol. The number of nitrogen functional groups attached to an aromatic ring is 1. The first-order chi connectivity index (χ1) is 8.85. The molecule has 0 fully saturated rings. The predicted octanol–water partition coefficient (Wildman–Crippen LogP) is 1.53. The van der Waals surface area contributed by atoms with Crippen molar-refractivity contribution >= 4 is 22.9 Å². The number of nitrogens with one attached hydrogen (secondary N) is 1. The van der Waals surface area contributed by atoms with E-state index in [0.717, 1.165) is 5.52 Å². The number of carbonyl (C=O) groups excluding carboxylic acids is 1. The number of aromatic nitrogens is 2. The number of carbonyl (C=O) groups is 1. The Kier molecular flexibility index (Phi) is 3.18. The summed E-state index contributed by atoms with van der Waals surface area (Å²) in [5, 5.41) is 2.62. The summed E-state index contributed by atoms with van der Waals surface area (Å²) < 4.78 is 14.9. The number of benzene rings is 1. The van der Waals surface area contributed by atoms with Crippen LogP contribution in [0.4, 0.5) is 10.3 Å². The van der Waals surface area contributed by atoms with Gasteiger partial charge in [0.2, 0.25) is 11.9 Å². The molecule has 1 aromatic carbocycles. The van der Waals surface area contributed by atoms with Crippen molar-refractivity contribution in [3.8, 4) is 0 Å². The Morgan fingerprint density at radius 1 is 1.53 bits per heavy atom. The highest BCUT2D eigenvalue weighted by Crippen LogP contribution is 2.25. The first kappa shape index (κ1) is 13.3. The Morgan fingerprint density at radius 3 is 2.84 bits per heavy atom. The van der Waals surface area contributed by atoms with E-state index in [-0.39, 0.29) is 17.7 Å². The van der Waals surface area contributed by atoms with Gasteiger partial charge in [0.05, 0.1) is 16.4 Å². The number of imidazole rings is 1. The number of nitrogens with two attached hydrogens (primary N) is 1. The van der Waals surface area contributed by atoms with Crippen molar-refractivity contribution in [2.24, 2.45) is 5.41 Å². The van der Waals surface area contributed by atoms with E-state index in [2.05, 4.69) is 10.3 Å². The van der Waals surface area contributed by atoms with Crippen LogP contribution in [0.5, 0.6) is 0 Å². The highest BCUT2D eigenvalue weighted by Gasteiger charge is 2.28. The van der Waals surface area contributed by atoms with E-state index in [1.165, 1.54) is 12.1 Å². The molecule has 0 aliphatic rings. The summed E-state index contributed by atoms with van der Waals surface area (Å²) in [4.78, 5) is 15.9. The lowest BCUT2D eigenvalue weighted by Crippen LogP contribution is -2.37. The molecule has 3 N–H and O–H groups in total. The molecule has 0 aliphatic heterocycles. The minimum Gasteiger partial charge on any atom is -0.369 e.